The van der Waals surface area contributed by atoms with Gasteiger partial charge in [0.1, 0.15) is 12.4 Å². The number of aromatic nitrogens is 1. The van der Waals surface area contributed by atoms with Crippen molar-refractivity contribution in [2.24, 2.45) is 0 Å². The number of nitrogens with one attached hydrogen (secondary N) is 1. The van der Waals surface area contributed by atoms with Crippen molar-refractivity contribution in [3.8, 4) is 17.0 Å². The second-order valence-electron chi connectivity index (χ2n) is 14.0. The molecule has 266 valence electrons. The molecule has 2 aliphatic heterocycles. The predicted octanol–water partition coefficient (Wildman–Crippen LogP) is 5.49. The first kappa shape index (κ1) is 34.7. The topological polar surface area (TPSA) is 96.4 Å². The number of rotatable bonds is 6. The molecule has 0 saturated heterocycles. The Morgan fingerprint density at radius 1 is 0.900 bits per heavy atom. The van der Waals surface area contributed by atoms with E-state index in [1.165, 1.54) is 36.2 Å². The maximum Gasteiger partial charge on any atom is 0.303 e. The van der Waals surface area contributed by atoms with Gasteiger partial charge in [-0.3, -0.25) is 14.6 Å². The van der Waals surface area contributed by atoms with E-state index in [4.69, 9.17) is 9.47 Å². The number of hydrogen-bond donors (Lipinski definition) is 1. The third-order valence-corrected chi connectivity index (χ3v) is 12.2. The van der Waals surface area contributed by atoms with Crippen molar-refractivity contribution in [3.05, 3.63) is 89.5 Å². The zero-order valence-electron chi connectivity index (χ0n) is 29.2. The Balaban J connectivity index is 1.26. The molecule has 3 heterocycles. The number of ether oxygens (including phenoxy) is 2. The molecule has 4 bridgehead atoms. The molecule has 0 unspecified atom stereocenters. The highest BCUT2D eigenvalue weighted by atomic mass is 32.2. The Morgan fingerprint density at radius 2 is 1.66 bits per heavy atom. The summed E-state index contributed by atoms with van der Waals surface area (Å²) in [5, 5.41) is 1.13. The standard InChI is InChI=1S/C39H49N5O5S/c1-41-19-21-43(23-24-48-27-29-11-5-3-6-12-29)22-20-42(2)50(46,47)40-39(45)31-17-18-33-35(25-31)44-26-32(41)28-49-36-16-10-9-15-34(36)38(44)37(33)30-13-7-4-8-14-30/h3,5-6,9-12,15-18,25,30,32H,4,7-8,13-14,19-24,26-28H2,1-2H3,(H,40,45)/t32-/m1/s1. The predicted molar refractivity (Wildman–Crippen MR) is 197 cm³/mol. The number of amides is 1. The number of para-hydroxylation sites is 1. The first-order valence-electron chi connectivity index (χ1n) is 18.0. The van der Waals surface area contributed by atoms with Crippen molar-refractivity contribution >= 4 is 27.0 Å². The Hall–Kier alpha value is -3.74. The minimum absolute atomic E-state index is 0.0570. The summed E-state index contributed by atoms with van der Waals surface area (Å²) in [4.78, 5) is 18.2. The van der Waals surface area contributed by atoms with Gasteiger partial charge in [-0.15, -0.1) is 0 Å². The van der Waals surface area contributed by atoms with Gasteiger partial charge in [0.15, 0.2) is 0 Å². The molecule has 1 amide bonds. The molecule has 0 radical (unpaired) electrons. The Labute approximate surface area is 296 Å². The molecule has 1 fully saturated rings. The van der Waals surface area contributed by atoms with Crippen molar-refractivity contribution in [2.75, 3.05) is 60.0 Å². The van der Waals surface area contributed by atoms with Crippen LogP contribution in [-0.2, 0) is 28.1 Å². The molecule has 10 nitrogen and oxygen atoms in total. The van der Waals surface area contributed by atoms with Crippen LogP contribution >= 0.6 is 0 Å². The van der Waals surface area contributed by atoms with E-state index in [0.29, 0.717) is 50.9 Å². The Kier molecular flexibility index (Phi) is 10.6. The average Bonchev–Trinajstić information content (AvgIpc) is 3.44. The third-order valence-electron chi connectivity index (χ3n) is 10.8. The SMILES string of the molecule is CN1CCN(CCOCc2ccccc2)CCN(C)S(=O)(=O)NC(=O)c2ccc3c(C4CCCCC4)c4n(c3c2)C[C@@H]1COc1ccccc1-4. The molecule has 1 N–H and O–H groups in total. The first-order chi connectivity index (χ1) is 24.3. The largest absolute Gasteiger partial charge is 0.491 e. The van der Waals surface area contributed by atoms with Crippen molar-refractivity contribution in [1.82, 2.24) is 23.4 Å². The van der Waals surface area contributed by atoms with Crippen molar-refractivity contribution < 1.29 is 22.7 Å². The van der Waals surface area contributed by atoms with Gasteiger partial charge in [-0.25, -0.2) is 4.72 Å². The summed E-state index contributed by atoms with van der Waals surface area (Å²) in [6, 6.07) is 24.1. The van der Waals surface area contributed by atoms with Crippen LogP contribution in [0.5, 0.6) is 5.75 Å². The fourth-order valence-electron chi connectivity index (χ4n) is 7.74. The number of carbonyl (C=O) groups excluding carboxylic acids is 1. The van der Waals surface area contributed by atoms with Crippen LogP contribution in [0.4, 0.5) is 0 Å². The highest BCUT2D eigenvalue weighted by Gasteiger charge is 2.32. The van der Waals surface area contributed by atoms with E-state index in [9.17, 15) is 13.2 Å². The second-order valence-corrected chi connectivity index (χ2v) is 15.8. The van der Waals surface area contributed by atoms with Gasteiger partial charge in [-0.2, -0.15) is 12.7 Å². The van der Waals surface area contributed by atoms with Crippen molar-refractivity contribution in [3.63, 3.8) is 0 Å². The summed E-state index contributed by atoms with van der Waals surface area (Å²) >= 11 is 0. The van der Waals surface area contributed by atoms with Crippen LogP contribution in [0, 0.1) is 0 Å². The van der Waals surface area contributed by atoms with E-state index in [1.54, 1.807) is 6.07 Å². The lowest BCUT2D eigenvalue weighted by molar-refractivity contribution is 0.0813. The summed E-state index contributed by atoms with van der Waals surface area (Å²) in [6.07, 6.45) is 5.88. The monoisotopic (exact) mass is 699 g/mol. The molecular weight excluding hydrogens is 651 g/mol. The number of likely N-dealkylation sites (N-methyl/N-ethyl adjacent to an activating group) is 2. The zero-order valence-corrected chi connectivity index (χ0v) is 30.0. The van der Waals surface area contributed by atoms with Gasteiger partial charge < -0.3 is 14.0 Å². The van der Waals surface area contributed by atoms with Gasteiger partial charge in [0.05, 0.1) is 24.9 Å². The van der Waals surface area contributed by atoms with Crippen LogP contribution in [0.1, 0.15) is 59.5 Å². The number of benzene rings is 3. The molecule has 1 aromatic heterocycles. The lowest BCUT2D eigenvalue weighted by Gasteiger charge is -2.34. The van der Waals surface area contributed by atoms with Crippen LogP contribution < -0.4 is 9.46 Å². The minimum Gasteiger partial charge on any atom is -0.491 e. The highest BCUT2D eigenvalue weighted by molar-refractivity contribution is 7.87. The molecule has 0 spiro atoms. The molecule has 1 aliphatic carbocycles. The van der Waals surface area contributed by atoms with Crippen molar-refractivity contribution in [1.29, 1.82) is 0 Å². The Bertz CT molecular complexity index is 1910. The van der Waals surface area contributed by atoms with Crippen LogP contribution in [-0.4, -0.2) is 99.1 Å². The first-order valence-corrected chi connectivity index (χ1v) is 19.4. The molecular formula is C39H49N5O5S. The summed E-state index contributed by atoms with van der Waals surface area (Å²) < 4.78 is 45.4. The van der Waals surface area contributed by atoms with Crippen molar-refractivity contribution in [2.45, 2.75) is 57.2 Å². The maximum atomic E-state index is 13.6. The molecule has 4 aromatic rings. The Morgan fingerprint density at radius 3 is 2.48 bits per heavy atom. The fourth-order valence-corrected chi connectivity index (χ4v) is 8.57. The highest BCUT2D eigenvalue weighted by Crippen LogP contribution is 2.47. The lowest BCUT2D eigenvalue weighted by atomic mass is 9.81. The van der Waals surface area contributed by atoms with E-state index in [-0.39, 0.29) is 12.6 Å². The van der Waals surface area contributed by atoms with Gasteiger partial charge >= 0.3 is 10.2 Å². The molecule has 1 saturated carbocycles. The quantitative estimate of drug-likeness (QED) is 0.266. The number of nitrogens with zero attached hydrogens (tertiary/aromatic N) is 4. The molecule has 7 rings (SSSR count). The van der Waals surface area contributed by atoms with Crippen LogP contribution in [0.25, 0.3) is 22.2 Å². The lowest BCUT2D eigenvalue weighted by Crippen LogP contribution is -2.47. The summed E-state index contributed by atoms with van der Waals surface area (Å²) in [5.74, 6) is 0.632. The average molecular weight is 700 g/mol. The third kappa shape index (κ3) is 7.48. The van der Waals surface area contributed by atoms with Gasteiger partial charge in [0.2, 0.25) is 0 Å². The molecule has 50 heavy (non-hydrogen) atoms. The van der Waals surface area contributed by atoms with Gasteiger partial charge in [-0.05, 0) is 61.2 Å². The molecule has 1 atom stereocenters. The number of hydrogen-bond acceptors (Lipinski definition) is 7. The molecule has 3 aromatic carbocycles. The molecule has 11 heteroatoms. The summed E-state index contributed by atoms with van der Waals surface area (Å²) in [7, 11) is -0.404. The summed E-state index contributed by atoms with van der Waals surface area (Å²) in [5.41, 5.74) is 5.94. The normalized spacial score (nSPS) is 21.4. The second kappa shape index (κ2) is 15.2. The smallest absolute Gasteiger partial charge is 0.303 e. The molecule has 3 aliphatic rings. The van der Waals surface area contributed by atoms with Gasteiger partial charge in [0.25, 0.3) is 5.91 Å². The maximum absolute atomic E-state index is 13.6. The van der Waals surface area contributed by atoms with Gasteiger partial charge in [0, 0.05) is 68.3 Å². The fraction of sp³-hybridized carbons (Fsp3) is 0.462. The van der Waals surface area contributed by atoms with E-state index in [2.05, 4.69) is 44.3 Å². The van der Waals surface area contributed by atoms with Gasteiger partial charge in [-0.1, -0.05) is 67.8 Å². The zero-order chi connectivity index (χ0) is 34.7. The minimum atomic E-state index is -4.07. The van der Waals surface area contributed by atoms with E-state index < -0.39 is 16.1 Å². The van der Waals surface area contributed by atoms with E-state index in [1.807, 2.05) is 48.5 Å². The van der Waals surface area contributed by atoms with E-state index in [0.717, 1.165) is 59.4 Å². The van der Waals surface area contributed by atoms with Crippen LogP contribution in [0.2, 0.25) is 0 Å². The van der Waals surface area contributed by atoms with E-state index >= 15 is 0 Å². The number of carbonyl (C=O) groups is 1. The van der Waals surface area contributed by atoms with Crippen LogP contribution in [0.3, 0.4) is 0 Å². The summed E-state index contributed by atoms with van der Waals surface area (Å²) in [6.45, 7) is 5.07. The van der Waals surface area contributed by atoms with Crippen LogP contribution in [0.15, 0.2) is 72.8 Å². The number of fused-ring (bicyclic) bond motifs is 4.